The van der Waals surface area contributed by atoms with Gasteiger partial charge in [-0.3, -0.25) is 4.99 Å². The number of nitrogens with one attached hydrogen (secondary N) is 2. The zero-order valence-electron chi connectivity index (χ0n) is 16.0. The van der Waals surface area contributed by atoms with Crippen LogP contribution in [0.4, 0.5) is 0 Å². The summed E-state index contributed by atoms with van der Waals surface area (Å²) in [6, 6.07) is 0. The summed E-state index contributed by atoms with van der Waals surface area (Å²) in [6.45, 7) is 17.2. The van der Waals surface area contributed by atoms with Gasteiger partial charge in [0.1, 0.15) is 0 Å². The Balaban J connectivity index is 2.13. The molecule has 1 aliphatic heterocycles. The number of rotatable bonds is 2. The fraction of sp³-hybridized carbons (Fsp3) is 0.381. The summed E-state index contributed by atoms with van der Waals surface area (Å²) in [5.41, 5.74) is 14.7. The second-order valence-electron chi connectivity index (χ2n) is 7.02. The number of aliphatic imine (C=N–C) groups is 1. The maximum atomic E-state index is 4.71. The van der Waals surface area contributed by atoms with Crippen LogP contribution in [-0.2, 0) is 0 Å². The van der Waals surface area contributed by atoms with Gasteiger partial charge in [0.05, 0.1) is 17.1 Å². The number of hydrogen-bond donors (Lipinski definition) is 2. The van der Waals surface area contributed by atoms with Gasteiger partial charge in [0, 0.05) is 17.1 Å². The minimum Gasteiger partial charge on any atom is -0.357 e. The molecule has 3 rings (SSSR count). The number of nitrogens with zero attached hydrogens (tertiary/aromatic N) is 1. The first-order valence-electron chi connectivity index (χ1n) is 8.52. The number of allylic oxidation sites excluding steroid dienone is 2. The SMILES string of the molecule is CC1=NC(=Cc2[nH]c(-c3[nH]c(C)c(C)c3C)c(C)c2C)C(C)=C1C. The van der Waals surface area contributed by atoms with E-state index in [1.165, 1.54) is 50.5 Å². The van der Waals surface area contributed by atoms with Gasteiger partial charge >= 0.3 is 0 Å². The monoisotopic (exact) mass is 321 g/mol. The maximum Gasteiger partial charge on any atom is 0.0686 e. The summed E-state index contributed by atoms with van der Waals surface area (Å²) in [6.07, 6.45) is 2.18. The lowest BCUT2D eigenvalue weighted by molar-refractivity contribution is 1.21. The minimum absolute atomic E-state index is 1.07. The molecule has 0 unspecified atom stereocenters. The molecule has 2 aromatic heterocycles. The molecular formula is C21H27N3. The first-order chi connectivity index (χ1) is 11.2. The molecular weight excluding hydrogens is 294 g/mol. The van der Waals surface area contributed by atoms with Crippen LogP contribution in [0.25, 0.3) is 17.5 Å². The molecule has 2 aromatic rings. The Hall–Kier alpha value is -2.29. The molecule has 126 valence electrons. The van der Waals surface area contributed by atoms with Crippen LogP contribution in [0.15, 0.2) is 21.8 Å². The minimum atomic E-state index is 1.07. The molecule has 0 spiro atoms. The summed E-state index contributed by atoms with van der Waals surface area (Å²) >= 11 is 0. The summed E-state index contributed by atoms with van der Waals surface area (Å²) in [4.78, 5) is 11.9. The lowest BCUT2D eigenvalue weighted by Gasteiger charge is -2.00. The van der Waals surface area contributed by atoms with Crippen LogP contribution in [0.1, 0.15) is 54.4 Å². The summed E-state index contributed by atoms with van der Waals surface area (Å²) in [5.74, 6) is 0. The zero-order valence-corrected chi connectivity index (χ0v) is 16.0. The van der Waals surface area contributed by atoms with E-state index in [0.29, 0.717) is 0 Å². The van der Waals surface area contributed by atoms with Gasteiger partial charge in [-0.05, 0) is 94.9 Å². The molecule has 0 bridgehead atoms. The predicted molar refractivity (Wildman–Crippen MR) is 104 cm³/mol. The van der Waals surface area contributed by atoms with Gasteiger partial charge in [-0.1, -0.05) is 0 Å². The van der Waals surface area contributed by atoms with E-state index in [1.54, 1.807) is 0 Å². The Morgan fingerprint density at radius 3 is 1.75 bits per heavy atom. The van der Waals surface area contributed by atoms with E-state index in [0.717, 1.165) is 17.1 Å². The van der Waals surface area contributed by atoms with E-state index >= 15 is 0 Å². The number of H-pyrrole nitrogens is 2. The first-order valence-corrected chi connectivity index (χ1v) is 8.52. The van der Waals surface area contributed by atoms with Crippen molar-refractivity contribution in [1.82, 2.24) is 9.97 Å². The van der Waals surface area contributed by atoms with Crippen LogP contribution < -0.4 is 0 Å². The second-order valence-corrected chi connectivity index (χ2v) is 7.02. The van der Waals surface area contributed by atoms with Crippen molar-refractivity contribution in [3.8, 4) is 11.4 Å². The molecule has 24 heavy (non-hydrogen) atoms. The Kier molecular flexibility index (Phi) is 3.90. The van der Waals surface area contributed by atoms with Crippen molar-refractivity contribution in [1.29, 1.82) is 0 Å². The van der Waals surface area contributed by atoms with Crippen molar-refractivity contribution in [2.24, 2.45) is 4.99 Å². The standard InChI is InChI=1S/C21H27N3/c1-10-12(3)18(22-16(10)7)9-19-13(4)15(6)21(24-19)20-14(5)11(2)17(8)23-20/h9,23-24H,1-8H3. The highest BCUT2D eigenvalue weighted by Crippen LogP contribution is 2.33. The third kappa shape index (κ3) is 2.39. The van der Waals surface area contributed by atoms with Crippen LogP contribution in [0, 0.1) is 34.6 Å². The van der Waals surface area contributed by atoms with Crippen LogP contribution in [0.2, 0.25) is 0 Å². The fourth-order valence-electron chi connectivity index (χ4n) is 3.29. The highest BCUT2D eigenvalue weighted by molar-refractivity contribution is 6.03. The predicted octanol–water partition coefficient (Wildman–Crippen LogP) is 5.70. The van der Waals surface area contributed by atoms with Crippen molar-refractivity contribution in [3.63, 3.8) is 0 Å². The van der Waals surface area contributed by atoms with Crippen molar-refractivity contribution < 1.29 is 0 Å². The molecule has 2 N–H and O–H groups in total. The van der Waals surface area contributed by atoms with E-state index in [-0.39, 0.29) is 0 Å². The molecule has 0 atom stereocenters. The van der Waals surface area contributed by atoms with Gasteiger partial charge in [0.2, 0.25) is 0 Å². The van der Waals surface area contributed by atoms with Crippen LogP contribution in [0.5, 0.6) is 0 Å². The quantitative estimate of drug-likeness (QED) is 0.712. The lowest BCUT2D eigenvalue weighted by Crippen LogP contribution is -1.87. The molecule has 3 nitrogen and oxygen atoms in total. The Labute approximate surface area is 144 Å². The maximum absolute atomic E-state index is 4.71. The fourth-order valence-corrected chi connectivity index (χ4v) is 3.29. The third-order valence-corrected chi connectivity index (χ3v) is 5.72. The Bertz CT molecular complexity index is 927. The van der Waals surface area contributed by atoms with Gasteiger partial charge in [-0.25, -0.2) is 0 Å². The molecule has 1 aliphatic rings. The van der Waals surface area contributed by atoms with Crippen molar-refractivity contribution in [3.05, 3.63) is 50.5 Å². The zero-order chi connectivity index (χ0) is 17.8. The summed E-state index contributed by atoms with van der Waals surface area (Å²) in [7, 11) is 0. The second kappa shape index (κ2) is 5.66. The lowest BCUT2D eigenvalue weighted by atomic mass is 10.1. The molecule has 0 radical (unpaired) electrons. The van der Waals surface area contributed by atoms with Gasteiger partial charge in [0.25, 0.3) is 0 Å². The molecule has 0 aliphatic carbocycles. The van der Waals surface area contributed by atoms with Gasteiger partial charge in [-0.15, -0.1) is 0 Å². The van der Waals surface area contributed by atoms with E-state index in [2.05, 4.69) is 71.4 Å². The highest BCUT2D eigenvalue weighted by atomic mass is 14.8. The van der Waals surface area contributed by atoms with Crippen molar-refractivity contribution in [2.45, 2.75) is 55.4 Å². The van der Waals surface area contributed by atoms with Crippen LogP contribution >= 0.6 is 0 Å². The molecule has 0 aromatic carbocycles. The average molecular weight is 321 g/mol. The number of aryl methyl sites for hydroxylation is 1. The van der Waals surface area contributed by atoms with Crippen molar-refractivity contribution >= 4 is 11.8 Å². The number of hydrogen-bond acceptors (Lipinski definition) is 1. The van der Waals surface area contributed by atoms with Crippen molar-refractivity contribution in [2.75, 3.05) is 0 Å². The van der Waals surface area contributed by atoms with Crippen LogP contribution in [0.3, 0.4) is 0 Å². The molecule has 3 heteroatoms. The highest BCUT2D eigenvalue weighted by Gasteiger charge is 2.18. The average Bonchev–Trinajstić information content (AvgIpc) is 3.06. The number of aromatic nitrogens is 2. The molecule has 0 saturated carbocycles. The topological polar surface area (TPSA) is 43.9 Å². The molecule has 0 saturated heterocycles. The largest absolute Gasteiger partial charge is 0.357 e. The van der Waals surface area contributed by atoms with Gasteiger partial charge in [0.15, 0.2) is 0 Å². The number of aromatic amines is 2. The first kappa shape index (κ1) is 16.6. The molecule has 0 fully saturated rings. The van der Waals surface area contributed by atoms with E-state index in [4.69, 9.17) is 4.99 Å². The molecule has 3 heterocycles. The third-order valence-electron chi connectivity index (χ3n) is 5.72. The summed E-state index contributed by atoms with van der Waals surface area (Å²) in [5, 5.41) is 0. The summed E-state index contributed by atoms with van der Waals surface area (Å²) < 4.78 is 0. The van der Waals surface area contributed by atoms with E-state index in [9.17, 15) is 0 Å². The van der Waals surface area contributed by atoms with Gasteiger partial charge in [-0.2, -0.15) is 0 Å². The Morgan fingerprint density at radius 2 is 1.25 bits per heavy atom. The van der Waals surface area contributed by atoms with Gasteiger partial charge < -0.3 is 9.97 Å². The van der Waals surface area contributed by atoms with E-state index in [1.807, 2.05) is 0 Å². The van der Waals surface area contributed by atoms with E-state index < -0.39 is 0 Å². The van der Waals surface area contributed by atoms with Crippen LogP contribution in [-0.4, -0.2) is 15.7 Å². The smallest absolute Gasteiger partial charge is 0.0686 e. The normalized spacial score (nSPS) is 16.5. The Morgan fingerprint density at radius 1 is 0.667 bits per heavy atom. The molecule has 0 amide bonds.